The fourth-order valence-electron chi connectivity index (χ4n) is 4.07. The van der Waals surface area contributed by atoms with Gasteiger partial charge >= 0.3 is 5.97 Å². The average molecular weight is 477 g/mol. The minimum atomic E-state index is -0.502. The zero-order chi connectivity index (χ0) is 26.0. The van der Waals surface area contributed by atoms with E-state index in [0.717, 1.165) is 36.5 Å². The van der Waals surface area contributed by atoms with E-state index in [1.54, 1.807) is 11.9 Å². The molecule has 5 nitrogen and oxygen atoms in total. The summed E-state index contributed by atoms with van der Waals surface area (Å²) in [6.07, 6.45) is 9.67. The first-order valence-corrected chi connectivity index (χ1v) is 13.5. The molecular weight excluding hydrogens is 424 g/mol. The summed E-state index contributed by atoms with van der Waals surface area (Å²) in [7, 11) is 1.76. The van der Waals surface area contributed by atoms with Gasteiger partial charge < -0.3 is 15.0 Å². The number of ether oxygens (including phenoxy) is 1. The van der Waals surface area contributed by atoms with Crippen LogP contribution in [0.1, 0.15) is 99.0 Å². The van der Waals surface area contributed by atoms with Crippen LogP contribution in [0.15, 0.2) is 24.3 Å². The van der Waals surface area contributed by atoms with E-state index in [-0.39, 0.29) is 11.9 Å². The third-order valence-electron chi connectivity index (χ3n) is 5.71. The molecule has 0 aromatic heterocycles. The Morgan fingerprint density at radius 2 is 1.79 bits per heavy atom. The van der Waals surface area contributed by atoms with Crippen LogP contribution in [0.3, 0.4) is 0 Å². The number of anilines is 1. The van der Waals surface area contributed by atoms with Gasteiger partial charge in [0.15, 0.2) is 0 Å². The average Bonchev–Trinajstić information content (AvgIpc) is 2.84. The SMILES string of the molecule is CC.CC.CN(C=O)CCCC(Cc1cccc(NCC2CCCCC2)c1)C(=O)OC(C)(C)C. The first-order valence-electron chi connectivity index (χ1n) is 13.5. The third kappa shape index (κ3) is 14.3. The Balaban J connectivity index is 0.00000258. The van der Waals surface area contributed by atoms with Crippen LogP contribution < -0.4 is 5.32 Å². The Hall–Kier alpha value is -2.04. The zero-order valence-electron chi connectivity index (χ0n) is 23.3. The van der Waals surface area contributed by atoms with Crippen LogP contribution in [-0.4, -0.2) is 43.0 Å². The second kappa shape index (κ2) is 18.3. The van der Waals surface area contributed by atoms with Crippen molar-refractivity contribution >= 4 is 18.1 Å². The van der Waals surface area contributed by atoms with Crippen LogP contribution in [0.25, 0.3) is 0 Å². The molecule has 2 rings (SSSR count). The van der Waals surface area contributed by atoms with E-state index in [9.17, 15) is 9.59 Å². The summed E-state index contributed by atoms with van der Waals surface area (Å²) < 4.78 is 5.68. The van der Waals surface area contributed by atoms with Crippen LogP contribution >= 0.6 is 0 Å². The second-order valence-corrected chi connectivity index (χ2v) is 9.75. The number of esters is 1. The monoisotopic (exact) mass is 476 g/mol. The number of carbonyl (C=O) groups is 2. The Kier molecular flexibility index (Phi) is 17.2. The lowest BCUT2D eigenvalue weighted by Crippen LogP contribution is -2.30. The largest absolute Gasteiger partial charge is 0.460 e. The number of carbonyl (C=O) groups excluding carboxylic acids is 2. The smallest absolute Gasteiger partial charge is 0.309 e. The van der Waals surface area contributed by atoms with Gasteiger partial charge in [-0.15, -0.1) is 0 Å². The fourth-order valence-corrected chi connectivity index (χ4v) is 4.07. The number of hydrogen-bond acceptors (Lipinski definition) is 4. The van der Waals surface area contributed by atoms with E-state index in [0.29, 0.717) is 19.4 Å². The van der Waals surface area contributed by atoms with Gasteiger partial charge in [-0.05, 0) is 76.5 Å². The highest BCUT2D eigenvalue weighted by atomic mass is 16.6. The summed E-state index contributed by atoms with van der Waals surface area (Å²) in [6.45, 7) is 15.4. The van der Waals surface area contributed by atoms with Crippen LogP contribution in [0, 0.1) is 11.8 Å². The molecule has 196 valence electrons. The molecule has 0 radical (unpaired) electrons. The Morgan fingerprint density at radius 1 is 1.15 bits per heavy atom. The molecule has 0 aliphatic heterocycles. The summed E-state index contributed by atoms with van der Waals surface area (Å²) >= 11 is 0. The number of hydrogen-bond donors (Lipinski definition) is 1. The molecule has 1 amide bonds. The number of rotatable bonds is 11. The Bertz CT molecular complexity index is 664. The maximum Gasteiger partial charge on any atom is 0.309 e. The van der Waals surface area contributed by atoms with E-state index >= 15 is 0 Å². The van der Waals surface area contributed by atoms with Crippen molar-refractivity contribution in [1.82, 2.24) is 4.90 Å². The highest BCUT2D eigenvalue weighted by molar-refractivity contribution is 5.73. The first-order chi connectivity index (χ1) is 16.3. The standard InChI is InChI=1S/C25H40N2O3.2C2H6/c1-25(2,3)30-24(29)22(13-9-15-27(4)19-28)16-21-12-8-14-23(17-21)26-18-20-10-6-5-7-11-20;2*1-2/h8,12,14,17,19-20,22,26H,5-7,9-11,13,15-16,18H2,1-4H3;2*1-2H3. The van der Waals surface area contributed by atoms with E-state index in [1.165, 1.54) is 32.1 Å². The molecule has 1 fully saturated rings. The highest BCUT2D eigenvalue weighted by Gasteiger charge is 2.25. The summed E-state index contributed by atoms with van der Waals surface area (Å²) in [5.74, 6) is 0.404. The topological polar surface area (TPSA) is 58.6 Å². The van der Waals surface area contributed by atoms with E-state index in [2.05, 4.69) is 29.6 Å². The lowest BCUT2D eigenvalue weighted by Gasteiger charge is -2.25. The third-order valence-corrected chi connectivity index (χ3v) is 5.71. The molecule has 1 aromatic rings. The molecule has 1 aliphatic rings. The Labute approximate surface area is 210 Å². The van der Waals surface area contributed by atoms with Crippen molar-refractivity contribution in [2.75, 3.05) is 25.5 Å². The van der Waals surface area contributed by atoms with Gasteiger partial charge in [0.25, 0.3) is 0 Å². The highest BCUT2D eigenvalue weighted by Crippen LogP contribution is 2.25. The molecule has 1 saturated carbocycles. The zero-order valence-corrected chi connectivity index (χ0v) is 23.3. The molecule has 1 unspecified atom stereocenters. The first kappa shape index (κ1) is 32.0. The van der Waals surface area contributed by atoms with Crippen molar-refractivity contribution in [3.63, 3.8) is 0 Å². The number of nitrogens with zero attached hydrogens (tertiary/aromatic N) is 1. The molecule has 5 heteroatoms. The van der Waals surface area contributed by atoms with Gasteiger partial charge in [0.05, 0.1) is 5.92 Å². The fraction of sp³-hybridized carbons (Fsp3) is 0.724. The summed E-state index contributed by atoms with van der Waals surface area (Å²) in [5.41, 5.74) is 1.77. The van der Waals surface area contributed by atoms with Crippen molar-refractivity contribution in [1.29, 1.82) is 0 Å². The normalized spacial score (nSPS) is 14.5. The molecule has 1 atom stereocenters. The second-order valence-electron chi connectivity index (χ2n) is 9.75. The van der Waals surface area contributed by atoms with Crippen LogP contribution in [0.4, 0.5) is 5.69 Å². The van der Waals surface area contributed by atoms with Gasteiger partial charge in [0.2, 0.25) is 6.41 Å². The molecule has 1 aliphatic carbocycles. The maximum absolute atomic E-state index is 12.8. The lowest BCUT2D eigenvalue weighted by molar-refractivity contribution is -0.160. The Morgan fingerprint density at radius 3 is 2.38 bits per heavy atom. The molecule has 0 bridgehead atoms. The van der Waals surface area contributed by atoms with Gasteiger partial charge in [0.1, 0.15) is 5.60 Å². The number of nitrogens with one attached hydrogen (secondary N) is 1. The van der Waals surface area contributed by atoms with Crippen molar-refractivity contribution in [2.24, 2.45) is 11.8 Å². The maximum atomic E-state index is 12.8. The van der Waals surface area contributed by atoms with Crippen LogP contribution in [0.2, 0.25) is 0 Å². The summed E-state index contributed by atoms with van der Waals surface area (Å²) in [5, 5.41) is 3.60. The molecule has 1 N–H and O–H groups in total. The predicted molar refractivity (Wildman–Crippen MR) is 145 cm³/mol. The molecule has 1 aromatic carbocycles. The van der Waals surface area contributed by atoms with Gasteiger partial charge in [-0.25, -0.2) is 0 Å². The van der Waals surface area contributed by atoms with Gasteiger partial charge in [0, 0.05) is 25.8 Å². The van der Waals surface area contributed by atoms with Gasteiger partial charge in [-0.2, -0.15) is 0 Å². The van der Waals surface area contributed by atoms with Crippen molar-refractivity contribution in [3.8, 4) is 0 Å². The molecule has 0 saturated heterocycles. The number of benzene rings is 1. The summed E-state index contributed by atoms with van der Waals surface area (Å²) in [4.78, 5) is 25.3. The number of amides is 1. The van der Waals surface area contributed by atoms with E-state index in [4.69, 9.17) is 4.74 Å². The van der Waals surface area contributed by atoms with Crippen molar-refractivity contribution in [2.45, 2.75) is 105 Å². The minimum absolute atomic E-state index is 0.156. The molecule has 0 spiro atoms. The predicted octanol–water partition coefficient (Wildman–Crippen LogP) is 7.10. The van der Waals surface area contributed by atoms with E-state index < -0.39 is 5.60 Å². The van der Waals surface area contributed by atoms with Gasteiger partial charge in [-0.3, -0.25) is 9.59 Å². The van der Waals surface area contributed by atoms with Crippen LogP contribution in [-0.2, 0) is 20.7 Å². The molecular formula is C29H52N2O3. The summed E-state index contributed by atoms with van der Waals surface area (Å²) in [6, 6.07) is 8.41. The van der Waals surface area contributed by atoms with E-state index in [1.807, 2.05) is 48.5 Å². The molecule has 0 heterocycles. The van der Waals surface area contributed by atoms with Crippen molar-refractivity contribution in [3.05, 3.63) is 29.8 Å². The van der Waals surface area contributed by atoms with Crippen LogP contribution in [0.5, 0.6) is 0 Å². The quantitative estimate of drug-likeness (QED) is 0.273. The lowest BCUT2D eigenvalue weighted by atomic mass is 9.89. The van der Waals surface area contributed by atoms with Gasteiger partial charge in [-0.1, -0.05) is 59.1 Å². The minimum Gasteiger partial charge on any atom is -0.460 e. The van der Waals surface area contributed by atoms with Crippen molar-refractivity contribution < 1.29 is 14.3 Å². The molecule has 34 heavy (non-hydrogen) atoms.